The van der Waals surface area contributed by atoms with Crippen LogP contribution in [-0.4, -0.2) is 28.5 Å². The standard InChI is InChI=1S/C27H26Cl2FN3O2/c1-3-12-33-16-22(25(24(29)27(33)35)31-23-15-20(28)7-4-17(23)2)26(34)32-13-10-19(11-14-32)18-5-8-21(30)9-6-18/h3-9,15-16,19,31H,1,10-14H2,2H3. The normalized spacial score (nSPS) is 14.1. The smallest absolute Gasteiger partial charge is 0.271 e. The first-order chi connectivity index (χ1) is 16.8. The fourth-order valence-corrected chi connectivity index (χ4v) is 4.80. The van der Waals surface area contributed by atoms with Crippen molar-refractivity contribution in [2.24, 2.45) is 0 Å². The fraction of sp³-hybridized carbons (Fsp3) is 0.259. The molecule has 8 heteroatoms. The second-order valence-electron chi connectivity index (χ2n) is 8.68. The number of benzene rings is 2. The molecule has 4 rings (SSSR count). The summed E-state index contributed by atoms with van der Waals surface area (Å²) in [5.41, 5.74) is 2.76. The van der Waals surface area contributed by atoms with E-state index < -0.39 is 5.56 Å². The summed E-state index contributed by atoms with van der Waals surface area (Å²) in [7, 11) is 0. The lowest BCUT2D eigenvalue weighted by Gasteiger charge is -2.33. The van der Waals surface area contributed by atoms with Gasteiger partial charge in [-0.15, -0.1) is 6.58 Å². The van der Waals surface area contributed by atoms with Crippen LogP contribution in [0.1, 0.15) is 40.2 Å². The van der Waals surface area contributed by atoms with Crippen LogP contribution >= 0.6 is 23.2 Å². The van der Waals surface area contributed by atoms with E-state index in [9.17, 15) is 14.0 Å². The predicted octanol–water partition coefficient (Wildman–Crippen LogP) is 6.55. The summed E-state index contributed by atoms with van der Waals surface area (Å²) in [6.45, 7) is 6.89. The number of nitrogens with zero attached hydrogens (tertiary/aromatic N) is 2. The summed E-state index contributed by atoms with van der Waals surface area (Å²) in [5, 5.41) is 3.63. The zero-order chi connectivity index (χ0) is 25.1. The highest BCUT2D eigenvalue weighted by Gasteiger charge is 2.28. The molecule has 0 spiro atoms. The second kappa shape index (κ2) is 10.7. The average molecular weight is 514 g/mol. The lowest BCUT2D eigenvalue weighted by atomic mass is 9.89. The molecule has 1 amide bonds. The average Bonchev–Trinajstić information content (AvgIpc) is 2.86. The molecule has 1 aliphatic rings. The van der Waals surface area contributed by atoms with Crippen molar-refractivity contribution in [1.29, 1.82) is 0 Å². The number of anilines is 2. The molecule has 2 aromatic carbocycles. The number of halogens is 3. The van der Waals surface area contributed by atoms with Gasteiger partial charge in [-0.1, -0.05) is 47.5 Å². The molecule has 3 aromatic rings. The minimum Gasteiger partial charge on any atom is -0.353 e. The van der Waals surface area contributed by atoms with E-state index >= 15 is 0 Å². The third-order valence-electron chi connectivity index (χ3n) is 6.36. The highest BCUT2D eigenvalue weighted by atomic mass is 35.5. The van der Waals surface area contributed by atoms with Crippen LogP contribution in [0.5, 0.6) is 0 Å². The number of aryl methyl sites for hydroxylation is 1. The molecule has 1 aliphatic heterocycles. The number of likely N-dealkylation sites (tertiary alicyclic amines) is 1. The summed E-state index contributed by atoms with van der Waals surface area (Å²) in [6, 6.07) is 11.9. The summed E-state index contributed by atoms with van der Waals surface area (Å²) in [5.74, 6) is -0.225. The molecule has 1 fully saturated rings. The SMILES string of the molecule is C=CCn1cc(C(=O)N2CCC(c3ccc(F)cc3)CC2)c(Nc2cc(Cl)ccc2C)c(Cl)c1=O. The quantitative estimate of drug-likeness (QED) is 0.380. The first-order valence-electron chi connectivity index (χ1n) is 11.4. The van der Waals surface area contributed by atoms with Gasteiger partial charge in [0.05, 0.1) is 11.3 Å². The molecule has 0 radical (unpaired) electrons. The van der Waals surface area contributed by atoms with Crippen LogP contribution in [0.3, 0.4) is 0 Å². The summed E-state index contributed by atoms with van der Waals surface area (Å²) >= 11 is 12.7. The Morgan fingerprint density at radius 1 is 1.17 bits per heavy atom. The minimum absolute atomic E-state index is 0.0710. The summed E-state index contributed by atoms with van der Waals surface area (Å²) < 4.78 is 14.7. The van der Waals surface area contributed by atoms with Gasteiger partial charge in [-0.05, 0) is 61.1 Å². The van der Waals surface area contributed by atoms with Gasteiger partial charge in [0.1, 0.15) is 10.8 Å². The maximum Gasteiger partial charge on any atom is 0.271 e. The van der Waals surface area contributed by atoms with Crippen LogP contribution in [-0.2, 0) is 6.54 Å². The number of carbonyl (C=O) groups excluding carboxylic acids is 1. The van der Waals surface area contributed by atoms with Crippen LogP contribution < -0.4 is 10.9 Å². The molecule has 0 bridgehead atoms. The zero-order valence-electron chi connectivity index (χ0n) is 19.4. The lowest BCUT2D eigenvalue weighted by molar-refractivity contribution is 0.0713. The van der Waals surface area contributed by atoms with E-state index in [0.717, 1.165) is 24.0 Å². The van der Waals surface area contributed by atoms with E-state index in [4.69, 9.17) is 23.2 Å². The molecule has 182 valence electrons. The molecule has 35 heavy (non-hydrogen) atoms. The van der Waals surface area contributed by atoms with Gasteiger partial charge in [-0.3, -0.25) is 9.59 Å². The van der Waals surface area contributed by atoms with Crippen LogP contribution in [0.2, 0.25) is 10.0 Å². The van der Waals surface area contributed by atoms with Crippen molar-refractivity contribution in [3.05, 3.63) is 104 Å². The van der Waals surface area contributed by atoms with E-state index in [2.05, 4.69) is 11.9 Å². The van der Waals surface area contributed by atoms with Gasteiger partial charge in [0.25, 0.3) is 11.5 Å². The number of aromatic nitrogens is 1. The Hall–Kier alpha value is -3.09. The molecular formula is C27H26Cl2FN3O2. The number of nitrogens with one attached hydrogen (secondary N) is 1. The Bertz CT molecular complexity index is 1310. The number of hydrogen-bond donors (Lipinski definition) is 1. The maximum atomic E-state index is 13.7. The number of pyridine rings is 1. The Morgan fingerprint density at radius 2 is 1.86 bits per heavy atom. The molecule has 2 heterocycles. The van der Waals surface area contributed by atoms with Crippen molar-refractivity contribution in [3.8, 4) is 0 Å². The van der Waals surface area contributed by atoms with Gasteiger partial charge >= 0.3 is 0 Å². The third kappa shape index (κ3) is 5.44. The number of carbonyl (C=O) groups is 1. The van der Waals surface area contributed by atoms with Crippen LogP contribution in [0.15, 0.2) is 66.1 Å². The summed E-state index contributed by atoms with van der Waals surface area (Å²) in [6.07, 6.45) is 4.63. The van der Waals surface area contributed by atoms with Crippen molar-refractivity contribution in [1.82, 2.24) is 9.47 Å². The number of piperidine rings is 1. The molecule has 1 aromatic heterocycles. The maximum absolute atomic E-state index is 13.7. The number of rotatable bonds is 6. The number of amides is 1. The second-order valence-corrected chi connectivity index (χ2v) is 9.49. The van der Waals surface area contributed by atoms with Gasteiger partial charge in [0, 0.05) is 36.5 Å². The highest BCUT2D eigenvalue weighted by Crippen LogP contribution is 2.33. The number of hydrogen-bond acceptors (Lipinski definition) is 3. The molecule has 5 nitrogen and oxygen atoms in total. The molecular weight excluding hydrogens is 488 g/mol. The molecule has 1 N–H and O–H groups in total. The van der Waals surface area contributed by atoms with Crippen molar-refractivity contribution < 1.29 is 9.18 Å². The van der Waals surface area contributed by atoms with E-state index in [1.165, 1.54) is 22.9 Å². The summed E-state index contributed by atoms with van der Waals surface area (Å²) in [4.78, 5) is 28.3. The minimum atomic E-state index is -0.416. The first-order valence-corrected chi connectivity index (χ1v) is 12.2. The van der Waals surface area contributed by atoms with E-state index in [1.807, 2.05) is 13.0 Å². The fourth-order valence-electron chi connectivity index (χ4n) is 4.37. The van der Waals surface area contributed by atoms with Gasteiger partial charge in [0.15, 0.2) is 0 Å². The Morgan fingerprint density at radius 3 is 2.51 bits per heavy atom. The van der Waals surface area contributed by atoms with Gasteiger partial charge in [-0.25, -0.2) is 4.39 Å². The first kappa shape index (κ1) is 25.0. The van der Waals surface area contributed by atoms with Gasteiger partial charge in [-0.2, -0.15) is 0 Å². The highest BCUT2D eigenvalue weighted by molar-refractivity contribution is 6.34. The van der Waals surface area contributed by atoms with Crippen molar-refractivity contribution >= 4 is 40.5 Å². The Labute approximate surface area is 213 Å². The largest absolute Gasteiger partial charge is 0.353 e. The van der Waals surface area contributed by atoms with E-state index in [0.29, 0.717) is 29.4 Å². The van der Waals surface area contributed by atoms with Gasteiger partial charge in [0.2, 0.25) is 0 Å². The third-order valence-corrected chi connectivity index (χ3v) is 6.95. The van der Waals surface area contributed by atoms with Crippen LogP contribution in [0.4, 0.5) is 15.8 Å². The monoisotopic (exact) mass is 513 g/mol. The molecule has 0 aliphatic carbocycles. The number of allylic oxidation sites excluding steroid dienone is 1. The van der Waals surface area contributed by atoms with Crippen LogP contribution in [0, 0.1) is 12.7 Å². The predicted molar refractivity (Wildman–Crippen MR) is 140 cm³/mol. The Balaban J connectivity index is 1.65. The molecule has 0 saturated carbocycles. The molecule has 0 atom stereocenters. The van der Waals surface area contributed by atoms with Gasteiger partial charge < -0.3 is 14.8 Å². The molecule has 0 unspecified atom stereocenters. The van der Waals surface area contributed by atoms with E-state index in [-0.39, 0.29) is 34.9 Å². The van der Waals surface area contributed by atoms with Crippen molar-refractivity contribution in [2.45, 2.75) is 32.2 Å². The van der Waals surface area contributed by atoms with E-state index in [1.54, 1.807) is 35.2 Å². The topological polar surface area (TPSA) is 54.3 Å². The Kier molecular flexibility index (Phi) is 7.63. The van der Waals surface area contributed by atoms with Crippen molar-refractivity contribution in [2.75, 3.05) is 18.4 Å². The zero-order valence-corrected chi connectivity index (χ0v) is 20.9. The molecule has 1 saturated heterocycles. The lowest BCUT2D eigenvalue weighted by Crippen LogP contribution is -2.39. The van der Waals surface area contributed by atoms with Crippen molar-refractivity contribution in [3.63, 3.8) is 0 Å². The van der Waals surface area contributed by atoms with Crippen LogP contribution in [0.25, 0.3) is 0 Å².